The van der Waals surface area contributed by atoms with E-state index in [-0.39, 0.29) is 25.2 Å². The fourth-order valence-corrected chi connectivity index (χ4v) is 4.33. The summed E-state index contributed by atoms with van der Waals surface area (Å²) in [6, 6.07) is 13.9. The number of thioether (sulfide) groups is 1. The fourth-order valence-electron chi connectivity index (χ4n) is 3.05. The summed E-state index contributed by atoms with van der Waals surface area (Å²) >= 11 is 4.71. The lowest BCUT2D eigenvalue weighted by Crippen LogP contribution is -2.49. The van der Waals surface area contributed by atoms with Crippen LogP contribution in [-0.2, 0) is 36.3 Å². The molecule has 0 saturated carbocycles. The van der Waals surface area contributed by atoms with Crippen molar-refractivity contribution in [1.29, 1.82) is 0 Å². The quantitative estimate of drug-likeness (QED) is 0.203. The van der Waals surface area contributed by atoms with Crippen LogP contribution in [0.5, 0.6) is 0 Å². The molecule has 5 N–H and O–H groups in total. The van der Waals surface area contributed by atoms with Crippen LogP contribution in [0.25, 0.3) is 0 Å². The number of carboxylic acid groups (broad SMARTS) is 2. The number of ether oxygens (including phenoxy) is 1. The van der Waals surface area contributed by atoms with Crippen molar-refractivity contribution in [2.75, 3.05) is 12.3 Å². The molecule has 0 radical (unpaired) electrons. The Bertz CT molecular complexity index is 1100. The number of rotatable bonds is 15. The number of halogens is 1. The zero-order chi connectivity index (χ0) is 27.9. The molecule has 2 aromatic carbocycles. The van der Waals surface area contributed by atoms with E-state index in [0.29, 0.717) is 5.75 Å². The molecule has 2 rings (SSSR count). The molecule has 2 aromatic rings. The fraction of sp³-hybridized carbons (Fsp3) is 0.320. The Kier molecular flexibility index (Phi) is 13.1. The summed E-state index contributed by atoms with van der Waals surface area (Å²) in [5, 5.41) is 25.2. The second kappa shape index (κ2) is 16.3. The van der Waals surface area contributed by atoms with Crippen LogP contribution in [0, 0.1) is 0 Å². The van der Waals surface area contributed by atoms with Crippen LogP contribution in [0.15, 0.2) is 59.1 Å². The van der Waals surface area contributed by atoms with Crippen LogP contribution in [-0.4, -0.2) is 64.4 Å². The van der Waals surface area contributed by atoms with Crippen molar-refractivity contribution in [1.82, 2.24) is 16.0 Å². The maximum absolute atomic E-state index is 12.5. The van der Waals surface area contributed by atoms with Gasteiger partial charge in [0.1, 0.15) is 25.2 Å². The number of hydrogen-bond acceptors (Lipinski definition) is 7. The maximum Gasteiger partial charge on any atom is 0.408 e. The predicted octanol–water partition coefficient (Wildman–Crippen LogP) is 2.53. The first kappa shape index (κ1) is 30.6. The second-order valence-electron chi connectivity index (χ2n) is 8.01. The van der Waals surface area contributed by atoms with Crippen LogP contribution in [0.4, 0.5) is 4.79 Å². The lowest BCUT2D eigenvalue weighted by atomic mass is 10.1. The third-order valence-electron chi connectivity index (χ3n) is 5.00. The Hall–Kier alpha value is -3.58. The highest BCUT2D eigenvalue weighted by Crippen LogP contribution is 2.17. The third kappa shape index (κ3) is 12.1. The molecule has 38 heavy (non-hydrogen) atoms. The van der Waals surface area contributed by atoms with Crippen LogP contribution in [0.3, 0.4) is 0 Å². The Morgan fingerprint density at radius 2 is 1.58 bits per heavy atom. The summed E-state index contributed by atoms with van der Waals surface area (Å²) in [4.78, 5) is 59.4. The lowest BCUT2D eigenvalue weighted by molar-refractivity contribution is -0.139. The van der Waals surface area contributed by atoms with Crippen molar-refractivity contribution in [3.05, 3.63) is 70.2 Å². The Labute approximate surface area is 231 Å². The van der Waals surface area contributed by atoms with Gasteiger partial charge in [0.15, 0.2) is 0 Å². The van der Waals surface area contributed by atoms with Crippen molar-refractivity contribution >= 4 is 57.5 Å². The molecule has 0 saturated heterocycles. The molecular weight excluding hydrogens is 582 g/mol. The van der Waals surface area contributed by atoms with E-state index in [4.69, 9.17) is 9.84 Å². The molecule has 3 amide bonds. The van der Waals surface area contributed by atoms with Gasteiger partial charge in [-0.05, 0) is 29.7 Å². The highest BCUT2D eigenvalue weighted by atomic mass is 79.9. The average molecular weight is 610 g/mol. The van der Waals surface area contributed by atoms with Gasteiger partial charge in [0.25, 0.3) is 0 Å². The predicted molar refractivity (Wildman–Crippen MR) is 143 cm³/mol. The molecule has 13 heteroatoms. The highest BCUT2D eigenvalue weighted by Gasteiger charge is 2.25. The standard InChI is InChI=1S/C25H28BrN3O8S/c26-18-8-6-17(7-9-18)14-38-15-20(23(33)27-12-22(31)32)28-21(30)11-10-19(24(34)35)29-25(36)37-13-16-4-2-1-3-5-16/h1-9,19-20H,10-15H2,(H,27,33)(H,28,30)(H,29,36)(H,31,32)(H,34,35)/t19-,20-/m0/s1. The zero-order valence-corrected chi connectivity index (χ0v) is 22.6. The van der Waals surface area contributed by atoms with Gasteiger partial charge in [-0.25, -0.2) is 9.59 Å². The number of carboxylic acids is 2. The first-order valence-corrected chi connectivity index (χ1v) is 13.4. The number of aliphatic carboxylic acids is 2. The molecule has 0 unspecified atom stereocenters. The summed E-state index contributed by atoms with van der Waals surface area (Å²) in [7, 11) is 0. The van der Waals surface area contributed by atoms with Crippen LogP contribution in [0.2, 0.25) is 0 Å². The minimum atomic E-state index is -1.39. The van der Waals surface area contributed by atoms with E-state index in [0.717, 1.165) is 15.6 Å². The van der Waals surface area contributed by atoms with Gasteiger partial charge in [-0.2, -0.15) is 11.8 Å². The van der Waals surface area contributed by atoms with Crippen LogP contribution < -0.4 is 16.0 Å². The van der Waals surface area contributed by atoms with Crippen molar-refractivity contribution in [2.24, 2.45) is 0 Å². The van der Waals surface area contributed by atoms with E-state index < -0.39 is 48.5 Å². The molecule has 0 aliphatic carbocycles. The van der Waals surface area contributed by atoms with Gasteiger partial charge < -0.3 is 30.9 Å². The number of carbonyl (C=O) groups excluding carboxylic acids is 3. The summed E-state index contributed by atoms with van der Waals surface area (Å²) in [5.41, 5.74) is 1.71. The van der Waals surface area contributed by atoms with E-state index in [9.17, 15) is 29.1 Å². The number of alkyl carbamates (subject to hydrolysis) is 1. The zero-order valence-electron chi connectivity index (χ0n) is 20.2. The molecule has 0 fully saturated rings. The van der Waals surface area contributed by atoms with Crippen molar-refractivity contribution < 1.29 is 38.9 Å². The first-order chi connectivity index (χ1) is 18.1. The number of nitrogens with one attached hydrogen (secondary N) is 3. The average Bonchev–Trinajstić information content (AvgIpc) is 2.89. The molecule has 11 nitrogen and oxygen atoms in total. The summed E-state index contributed by atoms with van der Waals surface area (Å²) in [6.07, 6.45) is -1.51. The molecule has 0 aliphatic rings. The molecule has 0 bridgehead atoms. The smallest absolute Gasteiger partial charge is 0.408 e. The molecule has 0 aromatic heterocycles. The number of hydrogen-bond donors (Lipinski definition) is 5. The number of carbonyl (C=O) groups is 5. The third-order valence-corrected chi connectivity index (χ3v) is 6.63. The molecule has 2 atom stereocenters. The lowest BCUT2D eigenvalue weighted by Gasteiger charge is -2.19. The van der Waals surface area contributed by atoms with E-state index >= 15 is 0 Å². The van der Waals surface area contributed by atoms with Crippen molar-refractivity contribution in [3.8, 4) is 0 Å². The van der Waals surface area contributed by atoms with E-state index in [2.05, 4.69) is 31.9 Å². The molecule has 204 valence electrons. The summed E-state index contributed by atoms with van der Waals surface area (Å²) < 4.78 is 5.94. The van der Waals surface area contributed by atoms with Gasteiger partial charge in [-0.1, -0.05) is 58.4 Å². The minimum Gasteiger partial charge on any atom is -0.480 e. The van der Waals surface area contributed by atoms with Gasteiger partial charge in [0.05, 0.1) is 0 Å². The topological polar surface area (TPSA) is 171 Å². The van der Waals surface area contributed by atoms with E-state index in [1.165, 1.54) is 11.8 Å². The first-order valence-electron chi connectivity index (χ1n) is 11.4. The monoisotopic (exact) mass is 609 g/mol. The second-order valence-corrected chi connectivity index (χ2v) is 9.95. The summed E-state index contributed by atoms with van der Waals surface area (Å²) in [5.74, 6) is -3.20. The van der Waals surface area contributed by atoms with Crippen LogP contribution >= 0.6 is 27.7 Å². The van der Waals surface area contributed by atoms with Gasteiger partial charge in [0, 0.05) is 22.4 Å². The normalized spacial score (nSPS) is 12.0. The largest absolute Gasteiger partial charge is 0.480 e. The van der Waals surface area contributed by atoms with E-state index in [1.807, 2.05) is 24.3 Å². The number of amides is 3. The van der Waals surface area contributed by atoms with E-state index in [1.54, 1.807) is 30.3 Å². The van der Waals surface area contributed by atoms with Crippen molar-refractivity contribution in [3.63, 3.8) is 0 Å². The Morgan fingerprint density at radius 3 is 2.21 bits per heavy atom. The van der Waals surface area contributed by atoms with Gasteiger partial charge in [-0.15, -0.1) is 0 Å². The maximum atomic E-state index is 12.5. The van der Waals surface area contributed by atoms with Gasteiger partial charge >= 0.3 is 18.0 Å². The Balaban J connectivity index is 1.88. The van der Waals surface area contributed by atoms with Crippen LogP contribution in [0.1, 0.15) is 24.0 Å². The molecule has 0 heterocycles. The molecular formula is C25H28BrN3O8S. The van der Waals surface area contributed by atoms with Gasteiger partial charge in [-0.3, -0.25) is 14.4 Å². The summed E-state index contributed by atoms with van der Waals surface area (Å²) in [6.45, 7) is -0.663. The SMILES string of the molecule is O=C(O)CNC(=O)[C@H](CSCc1ccc(Br)cc1)NC(=O)CC[C@H](NC(=O)OCc1ccccc1)C(=O)O. The minimum absolute atomic E-state index is 0.0510. The van der Waals surface area contributed by atoms with Crippen molar-refractivity contribution in [2.45, 2.75) is 37.3 Å². The molecule has 0 spiro atoms. The number of benzene rings is 2. The molecule has 0 aliphatic heterocycles. The highest BCUT2D eigenvalue weighted by molar-refractivity contribution is 9.10. The Morgan fingerprint density at radius 1 is 0.895 bits per heavy atom. The van der Waals surface area contributed by atoms with Gasteiger partial charge in [0.2, 0.25) is 11.8 Å².